The number of nitrogens with zero attached hydrogens (tertiary/aromatic N) is 1. The molecular formula is C25H24N2O4. The molecule has 0 saturated carbocycles. The lowest BCUT2D eigenvalue weighted by molar-refractivity contribution is 0.0954. The van der Waals surface area contributed by atoms with Crippen LogP contribution in [0.5, 0.6) is 17.2 Å². The number of hydrogen-bond acceptors (Lipinski definition) is 5. The Morgan fingerprint density at radius 1 is 1.00 bits per heavy atom. The van der Waals surface area contributed by atoms with Crippen molar-refractivity contribution in [3.8, 4) is 17.2 Å². The lowest BCUT2D eigenvalue weighted by atomic mass is 10.2. The molecule has 0 unspecified atom stereocenters. The first-order chi connectivity index (χ1) is 15.2. The summed E-state index contributed by atoms with van der Waals surface area (Å²) < 4.78 is 16.5. The Morgan fingerprint density at radius 3 is 2.48 bits per heavy atom. The van der Waals surface area contributed by atoms with E-state index < -0.39 is 0 Å². The molecular weight excluding hydrogens is 392 g/mol. The topological polar surface area (TPSA) is 69.2 Å². The average molecular weight is 416 g/mol. The third-order valence-corrected chi connectivity index (χ3v) is 4.29. The summed E-state index contributed by atoms with van der Waals surface area (Å²) in [4.78, 5) is 12.3. The van der Waals surface area contributed by atoms with Crippen LogP contribution in [0.4, 0.5) is 0 Å². The quantitative estimate of drug-likeness (QED) is 0.298. The molecule has 1 amide bonds. The number of hydrogen-bond donors (Lipinski definition) is 1. The monoisotopic (exact) mass is 416 g/mol. The lowest BCUT2D eigenvalue weighted by Crippen LogP contribution is -2.17. The van der Waals surface area contributed by atoms with Crippen LogP contribution in [0.2, 0.25) is 0 Å². The lowest BCUT2D eigenvalue weighted by Gasteiger charge is -2.10. The Morgan fingerprint density at radius 2 is 1.77 bits per heavy atom. The van der Waals surface area contributed by atoms with Gasteiger partial charge in [-0.1, -0.05) is 43.0 Å². The Hall–Kier alpha value is -4.06. The minimum atomic E-state index is -0.354. The second-order valence-electron chi connectivity index (χ2n) is 6.51. The number of amides is 1. The smallest absolute Gasteiger partial charge is 0.271 e. The number of hydrazone groups is 1. The van der Waals surface area contributed by atoms with Gasteiger partial charge in [0, 0.05) is 5.56 Å². The predicted octanol–water partition coefficient (Wildman–Crippen LogP) is 4.60. The summed E-state index contributed by atoms with van der Waals surface area (Å²) in [5.74, 6) is 1.41. The van der Waals surface area contributed by atoms with Crippen molar-refractivity contribution in [3.05, 3.63) is 102 Å². The summed E-state index contributed by atoms with van der Waals surface area (Å²) in [6.45, 7) is 4.46. The largest absolute Gasteiger partial charge is 0.493 e. The van der Waals surface area contributed by atoms with Crippen LogP contribution in [0, 0.1) is 0 Å². The maximum Gasteiger partial charge on any atom is 0.271 e. The SMILES string of the molecule is C=CCOc1ccc(C(=O)N/N=C/c2ccc(OCc3ccccc3)cc2)cc1OC. The molecule has 158 valence electrons. The highest BCUT2D eigenvalue weighted by Crippen LogP contribution is 2.28. The fourth-order valence-electron chi connectivity index (χ4n) is 2.70. The number of methoxy groups -OCH3 is 1. The second kappa shape index (κ2) is 11.2. The molecule has 6 heteroatoms. The van der Waals surface area contributed by atoms with Gasteiger partial charge in [0.2, 0.25) is 0 Å². The van der Waals surface area contributed by atoms with E-state index in [1.54, 1.807) is 30.5 Å². The molecule has 3 aromatic carbocycles. The molecule has 0 aliphatic carbocycles. The zero-order valence-electron chi connectivity index (χ0n) is 17.3. The van der Waals surface area contributed by atoms with E-state index in [1.807, 2.05) is 54.6 Å². The van der Waals surface area contributed by atoms with Crippen molar-refractivity contribution in [1.82, 2.24) is 5.43 Å². The Labute approximate surface area is 181 Å². The number of carbonyl (C=O) groups is 1. The van der Waals surface area contributed by atoms with Gasteiger partial charge in [-0.15, -0.1) is 0 Å². The summed E-state index contributed by atoms with van der Waals surface area (Å²) in [5.41, 5.74) is 4.85. The van der Waals surface area contributed by atoms with Gasteiger partial charge in [0.1, 0.15) is 19.0 Å². The minimum absolute atomic E-state index is 0.349. The highest BCUT2D eigenvalue weighted by molar-refractivity contribution is 5.95. The van der Waals surface area contributed by atoms with Crippen LogP contribution < -0.4 is 19.6 Å². The average Bonchev–Trinajstić information content (AvgIpc) is 2.82. The van der Waals surface area contributed by atoms with Gasteiger partial charge < -0.3 is 14.2 Å². The molecule has 31 heavy (non-hydrogen) atoms. The van der Waals surface area contributed by atoms with Crippen LogP contribution in [0.3, 0.4) is 0 Å². The van der Waals surface area contributed by atoms with E-state index in [-0.39, 0.29) is 5.91 Å². The van der Waals surface area contributed by atoms with Crippen molar-refractivity contribution in [2.24, 2.45) is 5.10 Å². The Balaban J connectivity index is 1.53. The predicted molar refractivity (Wildman–Crippen MR) is 121 cm³/mol. The first kappa shape index (κ1) is 21.6. The van der Waals surface area contributed by atoms with E-state index >= 15 is 0 Å². The fourth-order valence-corrected chi connectivity index (χ4v) is 2.70. The zero-order valence-corrected chi connectivity index (χ0v) is 17.3. The molecule has 0 aromatic heterocycles. The first-order valence-electron chi connectivity index (χ1n) is 9.71. The molecule has 0 fully saturated rings. The maximum atomic E-state index is 12.3. The summed E-state index contributed by atoms with van der Waals surface area (Å²) in [6, 6.07) is 22.3. The van der Waals surface area contributed by atoms with E-state index in [0.717, 1.165) is 16.9 Å². The molecule has 0 aliphatic heterocycles. The highest BCUT2D eigenvalue weighted by Gasteiger charge is 2.10. The van der Waals surface area contributed by atoms with Gasteiger partial charge in [-0.25, -0.2) is 5.43 Å². The van der Waals surface area contributed by atoms with Crippen molar-refractivity contribution < 1.29 is 19.0 Å². The van der Waals surface area contributed by atoms with Gasteiger partial charge in [-0.2, -0.15) is 5.10 Å². The van der Waals surface area contributed by atoms with Gasteiger partial charge in [-0.05, 0) is 53.6 Å². The van der Waals surface area contributed by atoms with Gasteiger partial charge in [-0.3, -0.25) is 4.79 Å². The van der Waals surface area contributed by atoms with Gasteiger partial charge in [0.15, 0.2) is 11.5 Å². The summed E-state index contributed by atoms with van der Waals surface area (Å²) in [6.07, 6.45) is 3.20. The first-order valence-corrected chi connectivity index (χ1v) is 9.71. The fraction of sp³-hybridized carbons (Fsp3) is 0.120. The summed E-state index contributed by atoms with van der Waals surface area (Å²) in [7, 11) is 1.52. The molecule has 3 aromatic rings. The molecule has 0 radical (unpaired) electrons. The number of benzene rings is 3. The number of nitrogens with one attached hydrogen (secondary N) is 1. The molecule has 1 N–H and O–H groups in total. The van der Waals surface area contributed by atoms with Crippen LogP contribution in [0.1, 0.15) is 21.5 Å². The maximum absolute atomic E-state index is 12.3. The molecule has 6 nitrogen and oxygen atoms in total. The van der Waals surface area contributed by atoms with Crippen molar-refractivity contribution in [3.63, 3.8) is 0 Å². The van der Waals surface area contributed by atoms with Crippen molar-refractivity contribution in [2.45, 2.75) is 6.61 Å². The normalized spacial score (nSPS) is 10.5. The van der Waals surface area contributed by atoms with Crippen molar-refractivity contribution in [2.75, 3.05) is 13.7 Å². The van der Waals surface area contributed by atoms with Crippen LogP contribution in [0.25, 0.3) is 0 Å². The van der Waals surface area contributed by atoms with Crippen LogP contribution in [0.15, 0.2) is 90.6 Å². The second-order valence-corrected chi connectivity index (χ2v) is 6.51. The highest BCUT2D eigenvalue weighted by atomic mass is 16.5. The molecule has 0 bridgehead atoms. The number of ether oxygens (including phenoxy) is 3. The van der Waals surface area contributed by atoms with Crippen molar-refractivity contribution >= 4 is 12.1 Å². The van der Waals surface area contributed by atoms with E-state index in [2.05, 4.69) is 17.1 Å². The van der Waals surface area contributed by atoms with E-state index in [4.69, 9.17) is 14.2 Å². The molecule has 3 rings (SSSR count). The standard InChI is InChI=1S/C25H24N2O4/c1-3-15-30-23-14-11-21(16-24(23)29-2)25(28)27-26-17-19-9-12-22(13-10-19)31-18-20-7-5-4-6-8-20/h3-14,16-17H,1,15,18H2,2H3,(H,27,28)/b26-17+. The van der Waals surface area contributed by atoms with Crippen LogP contribution in [-0.4, -0.2) is 25.8 Å². The number of rotatable bonds is 10. The molecule has 0 saturated heterocycles. The Bertz CT molecular complexity index is 1030. The molecule has 0 atom stereocenters. The number of carbonyl (C=O) groups excluding carboxylic acids is 1. The van der Waals surface area contributed by atoms with Crippen LogP contribution in [-0.2, 0) is 6.61 Å². The molecule has 0 heterocycles. The van der Waals surface area contributed by atoms with Gasteiger partial charge in [0.25, 0.3) is 5.91 Å². The Kier molecular flexibility index (Phi) is 7.83. The third-order valence-electron chi connectivity index (χ3n) is 4.29. The van der Waals surface area contributed by atoms with Crippen molar-refractivity contribution in [1.29, 1.82) is 0 Å². The van der Waals surface area contributed by atoms with Crippen LogP contribution >= 0.6 is 0 Å². The molecule has 0 spiro atoms. The minimum Gasteiger partial charge on any atom is -0.493 e. The van der Waals surface area contributed by atoms with Gasteiger partial charge >= 0.3 is 0 Å². The third kappa shape index (κ3) is 6.47. The van der Waals surface area contributed by atoms with E-state index in [9.17, 15) is 4.79 Å². The summed E-state index contributed by atoms with van der Waals surface area (Å²) in [5, 5.41) is 4.02. The zero-order chi connectivity index (χ0) is 21.9. The van der Waals surface area contributed by atoms with E-state index in [0.29, 0.717) is 30.3 Å². The summed E-state index contributed by atoms with van der Waals surface area (Å²) >= 11 is 0. The van der Waals surface area contributed by atoms with Gasteiger partial charge in [0.05, 0.1) is 13.3 Å². The van der Waals surface area contributed by atoms with E-state index in [1.165, 1.54) is 7.11 Å². The molecule has 0 aliphatic rings.